The van der Waals surface area contributed by atoms with Crippen molar-refractivity contribution < 1.29 is 14.7 Å². The van der Waals surface area contributed by atoms with Crippen LogP contribution in [0.25, 0.3) is 0 Å². The van der Waals surface area contributed by atoms with Crippen LogP contribution >= 0.6 is 23.2 Å². The van der Waals surface area contributed by atoms with Crippen molar-refractivity contribution in [1.82, 2.24) is 5.32 Å². The van der Waals surface area contributed by atoms with Gasteiger partial charge in [0.25, 0.3) is 0 Å². The molecule has 1 aliphatic rings. The molecule has 2 unspecified atom stereocenters. The molecule has 0 spiro atoms. The van der Waals surface area contributed by atoms with Gasteiger partial charge in [0.05, 0.1) is 16.3 Å². The quantitative estimate of drug-likeness (QED) is 0.802. The second kappa shape index (κ2) is 5.27. The lowest BCUT2D eigenvalue weighted by Gasteiger charge is -2.12. The first-order valence-electron chi connectivity index (χ1n) is 5.68. The van der Waals surface area contributed by atoms with Crippen molar-refractivity contribution in [2.45, 2.75) is 19.4 Å². The molecule has 1 aromatic rings. The van der Waals surface area contributed by atoms with Crippen LogP contribution in [0.3, 0.4) is 0 Å². The summed E-state index contributed by atoms with van der Waals surface area (Å²) in [5, 5.41) is 14.5. The third-order valence-corrected chi connectivity index (χ3v) is 3.47. The van der Waals surface area contributed by atoms with Crippen molar-refractivity contribution in [3.63, 3.8) is 0 Å². The van der Waals surface area contributed by atoms with E-state index < -0.39 is 12.0 Å². The Balaban J connectivity index is 2.18. The fourth-order valence-corrected chi connectivity index (χ4v) is 2.25. The average Bonchev–Trinajstić information content (AvgIpc) is 2.97. The number of carboxylic acid groups (broad SMARTS) is 1. The van der Waals surface area contributed by atoms with Gasteiger partial charge in [0.2, 0.25) is 0 Å². The number of nitrogens with one attached hydrogen (secondary N) is 2. The molecule has 19 heavy (non-hydrogen) atoms. The highest BCUT2D eigenvalue weighted by Gasteiger charge is 2.34. The van der Waals surface area contributed by atoms with Crippen LogP contribution in [0, 0.1) is 5.92 Å². The first-order chi connectivity index (χ1) is 8.88. The third kappa shape index (κ3) is 3.30. The summed E-state index contributed by atoms with van der Waals surface area (Å²) in [6.45, 7) is 2.02. The second-order valence-corrected chi connectivity index (χ2v) is 5.38. The molecule has 1 saturated carbocycles. The van der Waals surface area contributed by atoms with Gasteiger partial charge in [0, 0.05) is 11.1 Å². The van der Waals surface area contributed by atoms with Gasteiger partial charge in [0.1, 0.15) is 0 Å². The molecule has 2 rings (SSSR count). The second-order valence-electron chi connectivity index (χ2n) is 4.53. The predicted octanol–water partition coefficient (Wildman–Crippen LogP) is 3.22. The van der Waals surface area contributed by atoms with Crippen molar-refractivity contribution in [3.05, 3.63) is 27.7 Å². The van der Waals surface area contributed by atoms with Crippen LogP contribution in [0.15, 0.2) is 12.1 Å². The number of halogens is 2. The molecule has 3 N–H and O–H groups in total. The van der Waals surface area contributed by atoms with Crippen molar-refractivity contribution in [3.8, 4) is 0 Å². The van der Waals surface area contributed by atoms with Gasteiger partial charge in [-0.05, 0) is 24.5 Å². The molecule has 2 amide bonds. The maximum Gasteiger partial charge on any atom is 0.337 e. The number of carbonyl (C=O) groups excluding carboxylic acids is 1. The van der Waals surface area contributed by atoms with Crippen LogP contribution in [0.1, 0.15) is 23.7 Å². The van der Waals surface area contributed by atoms with Crippen LogP contribution in [0.5, 0.6) is 0 Å². The Labute approximate surface area is 119 Å². The Morgan fingerprint density at radius 3 is 2.53 bits per heavy atom. The lowest BCUT2D eigenvalue weighted by molar-refractivity contribution is 0.0698. The molecule has 2 atom stereocenters. The number of carboxylic acids is 1. The Hall–Kier alpha value is -1.46. The van der Waals surface area contributed by atoms with E-state index in [1.54, 1.807) is 0 Å². The highest BCUT2D eigenvalue weighted by molar-refractivity contribution is 6.37. The number of amides is 2. The topological polar surface area (TPSA) is 78.4 Å². The van der Waals surface area contributed by atoms with Crippen LogP contribution in [-0.4, -0.2) is 23.1 Å². The summed E-state index contributed by atoms with van der Waals surface area (Å²) in [7, 11) is 0. The zero-order chi connectivity index (χ0) is 14.2. The van der Waals surface area contributed by atoms with E-state index >= 15 is 0 Å². The van der Waals surface area contributed by atoms with Gasteiger partial charge >= 0.3 is 12.0 Å². The monoisotopic (exact) mass is 302 g/mol. The van der Waals surface area contributed by atoms with Gasteiger partial charge in [-0.1, -0.05) is 30.1 Å². The molecule has 1 aliphatic carbocycles. The summed E-state index contributed by atoms with van der Waals surface area (Å²) < 4.78 is 0. The van der Waals surface area contributed by atoms with E-state index in [1.165, 1.54) is 12.1 Å². The number of hydrogen-bond donors (Lipinski definition) is 3. The lowest BCUT2D eigenvalue weighted by Crippen LogP contribution is -2.32. The molecule has 7 heteroatoms. The minimum Gasteiger partial charge on any atom is -0.478 e. The Bertz CT molecular complexity index is 548. The highest BCUT2D eigenvalue weighted by atomic mass is 35.5. The minimum absolute atomic E-state index is 0.0457. The standard InChI is InChI=1S/C12H12Cl2N2O3/c1-5-2-9(5)15-12(19)16-10-7(11(17)18)3-6(13)4-8(10)14/h3-5,9H,2H2,1H3,(H,17,18)(H2,15,16,19). The number of benzene rings is 1. The van der Waals surface area contributed by atoms with Crippen molar-refractivity contribution in [2.75, 3.05) is 5.32 Å². The number of aromatic carboxylic acids is 1. The van der Waals surface area contributed by atoms with Crippen LogP contribution in [0.4, 0.5) is 10.5 Å². The van der Waals surface area contributed by atoms with Gasteiger partial charge < -0.3 is 15.7 Å². The molecular weight excluding hydrogens is 291 g/mol. The summed E-state index contributed by atoms with van der Waals surface area (Å²) in [4.78, 5) is 22.8. The zero-order valence-electron chi connectivity index (χ0n) is 10.0. The average molecular weight is 303 g/mol. The first-order valence-corrected chi connectivity index (χ1v) is 6.44. The van der Waals surface area contributed by atoms with E-state index in [4.69, 9.17) is 28.3 Å². The molecule has 1 fully saturated rings. The summed E-state index contributed by atoms with van der Waals surface area (Å²) in [6.07, 6.45) is 0.924. The molecule has 0 aromatic heterocycles. The maximum absolute atomic E-state index is 11.7. The van der Waals surface area contributed by atoms with E-state index in [0.29, 0.717) is 5.92 Å². The SMILES string of the molecule is CC1CC1NC(=O)Nc1c(Cl)cc(Cl)cc1C(=O)O. The van der Waals surface area contributed by atoms with Crippen molar-refractivity contribution in [2.24, 2.45) is 5.92 Å². The fourth-order valence-electron chi connectivity index (χ4n) is 1.71. The van der Waals surface area contributed by atoms with E-state index in [1.807, 2.05) is 6.92 Å². The third-order valence-electron chi connectivity index (χ3n) is 2.95. The lowest BCUT2D eigenvalue weighted by atomic mass is 10.2. The summed E-state index contributed by atoms with van der Waals surface area (Å²) in [5.41, 5.74) is -0.0964. The van der Waals surface area contributed by atoms with Gasteiger partial charge in [-0.2, -0.15) is 0 Å². The van der Waals surface area contributed by atoms with Gasteiger partial charge in [0.15, 0.2) is 0 Å². The summed E-state index contributed by atoms with van der Waals surface area (Å²) in [5.74, 6) is -0.759. The molecule has 0 saturated heterocycles. The highest BCUT2D eigenvalue weighted by Crippen LogP contribution is 2.31. The number of carbonyl (C=O) groups is 2. The normalized spacial score (nSPS) is 20.8. The number of urea groups is 1. The summed E-state index contributed by atoms with van der Waals surface area (Å²) in [6, 6.07) is 2.29. The first kappa shape index (κ1) is 14.0. The van der Waals surface area contributed by atoms with Crippen LogP contribution < -0.4 is 10.6 Å². The Kier molecular flexibility index (Phi) is 3.87. The van der Waals surface area contributed by atoms with E-state index in [2.05, 4.69) is 10.6 Å². The molecule has 0 aliphatic heterocycles. The van der Waals surface area contributed by atoms with Crippen LogP contribution in [-0.2, 0) is 0 Å². The Morgan fingerprint density at radius 1 is 1.37 bits per heavy atom. The predicted molar refractivity (Wildman–Crippen MR) is 73.1 cm³/mol. The van der Waals surface area contributed by atoms with E-state index in [9.17, 15) is 9.59 Å². The molecule has 1 aromatic carbocycles. The minimum atomic E-state index is -1.21. The van der Waals surface area contributed by atoms with Gasteiger partial charge in [-0.3, -0.25) is 0 Å². The largest absolute Gasteiger partial charge is 0.478 e. The van der Waals surface area contributed by atoms with Crippen LogP contribution in [0.2, 0.25) is 10.0 Å². The number of anilines is 1. The van der Waals surface area contributed by atoms with E-state index in [-0.39, 0.29) is 27.3 Å². The van der Waals surface area contributed by atoms with Crippen molar-refractivity contribution in [1.29, 1.82) is 0 Å². The zero-order valence-corrected chi connectivity index (χ0v) is 11.5. The Morgan fingerprint density at radius 2 is 2.00 bits per heavy atom. The van der Waals surface area contributed by atoms with Gasteiger partial charge in [-0.15, -0.1) is 0 Å². The molecule has 0 radical (unpaired) electrons. The molecular formula is C12H12Cl2N2O3. The fraction of sp³-hybridized carbons (Fsp3) is 0.333. The molecule has 102 valence electrons. The summed E-state index contributed by atoms with van der Waals surface area (Å²) >= 11 is 11.7. The number of rotatable bonds is 3. The maximum atomic E-state index is 11.7. The van der Waals surface area contributed by atoms with E-state index in [0.717, 1.165) is 6.42 Å². The molecule has 0 heterocycles. The molecule has 0 bridgehead atoms. The van der Waals surface area contributed by atoms with Crippen molar-refractivity contribution >= 4 is 40.9 Å². The molecule has 5 nitrogen and oxygen atoms in total. The smallest absolute Gasteiger partial charge is 0.337 e. The number of hydrogen-bond acceptors (Lipinski definition) is 2. The van der Waals surface area contributed by atoms with Gasteiger partial charge in [-0.25, -0.2) is 9.59 Å².